The van der Waals surface area contributed by atoms with Crippen LogP contribution in [0, 0.1) is 11.8 Å². The first-order valence-corrected chi connectivity index (χ1v) is 10.3. The second kappa shape index (κ2) is 7.92. The Kier molecular flexibility index (Phi) is 5.36. The summed E-state index contributed by atoms with van der Waals surface area (Å²) in [5.74, 6) is 3.48. The molecule has 0 fully saturated rings. The van der Waals surface area contributed by atoms with Crippen molar-refractivity contribution < 1.29 is 4.74 Å². The minimum atomic E-state index is 0.324. The second-order valence-electron chi connectivity index (χ2n) is 7.41. The van der Waals surface area contributed by atoms with E-state index in [-0.39, 0.29) is 0 Å². The average Bonchev–Trinajstić information content (AvgIpc) is 3.07. The Morgan fingerprint density at radius 1 is 1.07 bits per heavy atom. The molecule has 2 aliphatic heterocycles. The van der Waals surface area contributed by atoms with E-state index in [1.807, 2.05) is 36.4 Å². The van der Waals surface area contributed by atoms with E-state index in [0.717, 1.165) is 40.7 Å². The lowest BCUT2D eigenvalue weighted by atomic mass is 9.94. The summed E-state index contributed by atoms with van der Waals surface area (Å²) in [5, 5.41) is 0. The maximum Gasteiger partial charge on any atom is 0.154 e. The Morgan fingerprint density at radius 3 is 2.57 bits per heavy atom. The summed E-state index contributed by atoms with van der Waals surface area (Å²) in [7, 11) is 1.71. The Bertz CT molecular complexity index is 962. The van der Waals surface area contributed by atoms with E-state index in [2.05, 4.69) is 52.9 Å². The van der Waals surface area contributed by atoms with E-state index in [4.69, 9.17) is 14.7 Å². The van der Waals surface area contributed by atoms with E-state index in [0.29, 0.717) is 11.8 Å². The predicted octanol–water partition coefficient (Wildman–Crippen LogP) is 5.74. The van der Waals surface area contributed by atoms with Crippen LogP contribution in [0.1, 0.15) is 25.0 Å². The molecule has 0 spiro atoms. The monoisotopic (exact) mass is 437 g/mol. The highest BCUT2D eigenvalue weighted by Gasteiger charge is 2.29. The second-order valence-corrected chi connectivity index (χ2v) is 8.33. The van der Waals surface area contributed by atoms with Gasteiger partial charge < -0.3 is 9.64 Å². The molecule has 5 heteroatoms. The van der Waals surface area contributed by atoms with E-state index in [9.17, 15) is 0 Å². The Balaban J connectivity index is 1.66. The van der Waals surface area contributed by atoms with Gasteiger partial charge in [0.15, 0.2) is 5.84 Å². The molecule has 2 aromatic carbocycles. The number of fused-ring (bicyclic) bond motifs is 1. The maximum absolute atomic E-state index is 5.39. The van der Waals surface area contributed by atoms with Crippen LogP contribution in [0.25, 0.3) is 0 Å². The van der Waals surface area contributed by atoms with Gasteiger partial charge in [-0.15, -0.1) is 0 Å². The Labute approximate surface area is 174 Å². The van der Waals surface area contributed by atoms with Gasteiger partial charge in [0, 0.05) is 23.5 Å². The highest BCUT2D eigenvalue weighted by molar-refractivity contribution is 9.10. The first-order chi connectivity index (χ1) is 13.5. The summed E-state index contributed by atoms with van der Waals surface area (Å²) < 4.78 is 6.43. The van der Waals surface area contributed by atoms with Gasteiger partial charge in [-0.3, -0.25) is 0 Å². The highest BCUT2D eigenvalue weighted by atomic mass is 79.9. The molecule has 4 rings (SSSR count). The number of hydrogen-bond donors (Lipinski definition) is 0. The zero-order valence-corrected chi connectivity index (χ0v) is 18.0. The molecule has 2 aliphatic rings. The van der Waals surface area contributed by atoms with E-state index in [1.54, 1.807) is 7.11 Å². The molecule has 4 nitrogen and oxygen atoms in total. The van der Waals surface area contributed by atoms with Crippen LogP contribution in [0.3, 0.4) is 0 Å². The number of halogens is 1. The fraction of sp³-hybridized carbons (Fsp3) is 0.304. The lowest BCUT2D eigenvalue weighted by molar-refractivity contribution is 0.401. The first-order valence-electron chi connectivity index (χ1n) is 9.55. The number of methoxy groups -OCH3 is 1. The molecule has 0 bridgehead atoms. The quantitative estimate of drug-likeness (QED) is 0.599. The molecule has 144 valence electrons. The van der Waals surface area contributed by atoms with E-state index in [1.165, 1.54) is 11.1 Å². The third-order valence-corrected chi connectivity index (χ3v) is 6.03. The third-order valence-electron chi connectivity index (χ3n) is 5.50. The first kappa shape index (κ1) is 18.9. The molecule has 0 aliphatic carbocycles. The van der Waals surface area contributed by atoms with E-state index < -0.39 is 0 Å². The fourth-order valence-corrected chi connectivity index (χ4v) is 3.89. The number of benzene rings is 2. The average molecular weight is 438 g/mol. The minimum Gasteiger partial charge on any atom is -0.497 e. The van der Waals surface area contributed by atoms with Crippen LogP contribution in [-0.2, 0) is 13.1 Å². The van der Waals surface area contributed by atoms with Crippen LogP contribution < -0.4 is 4.74 Å². The molecule has 0 saturated heterocycles. The lowest BCUT2D eigenvalue weighted by Gasteiger charge is -2.26. The van der Waals surface area contributed by atoms with Crippen molar-refractivity contribution >= 4 is 33.3 Å². The smallest absolute Gasteiger partial charge is 0.154 e. The molecule has 2 heterocycles. The van der Waals surface area contributed by atoms with Crippen LogP contribution >= 0.6 is 15.9 Å². The van der Waals surface area contributed by atoms with Crippen LogP contribution in [0.5, 0.6) is 5.75 Å². The number of nitrogens with zero attached hydrogens (tertiary/aromatic N) is 3. The number of rotatable bonds is 2. The molecule has 28 heavy (non-hydrogen) atoms. The number of hydrogen-bond acceptors (Lipinski definition) is 3. The highest BCUT2D eigenvalue weighted by Crippen LogP contribution is 2.31. The van der Waals surface area contributed by atoms with Crippen molar-refractivity contribution in [1.82, 2.24) is 4.90 Å². The number of ether oxygens (including phenoxy) is 1. The lowest BCUT2D eigenvalue weighted by Crippen LogP contribution is -2.33. The molecule has 0 radical (unpaired) electrons. The van der Waals surface area contributed by atoms with Gasteiger partial charge in [0.1, 0.15) is 11.6 Å². The van der Waals surface area contributed by atoms with Crippen LogP contribution in [0.15, 0.2) is 69.1 Å². The van der Waals surface area contributed by atoms with Crippen molar-refractivity contribution in [2.75, 3.05) is 7.11 Å². The van der Waals surface area contributed by atoms with Crippen molar-refractivity contribution in [2.24, 2.45) is 21.8 Å². The van der Waals surface area contributed by atoms with Gasteiger partial charge in [-0.25, -0.2) is 9.98 Å². The normalized spacial score (nSPS) is 22.8. The molecule has 0 N–H and O–H groups in total. The molecule has 2 unspecified atom stereocenters. The van der Waals surface area contributed by atoms with Gasteiger partial charge in [-0.2, -0.15) is 0 Å². The van der Waals surface area contributed by atoms with Crippen LogP contribution in [0.4, 0.5) is 5.69 Å². The minimum absolute atomic E-state index is 0.324. The van der Waals surface area contributed by atoms with Crippen molar-refractivity contribution in [3.63, 3.8) is 0 Å². The maximum atomic E-state index is 5.39. The Hall–Kier alpha value is -2.40. The molecule has 0 aromatic heterocycles. The van der Waals surface area contributed by atoms with Crippen LogP contribution in [0.2, 0.25) is 0 Å². The number of allylic oxidation sites excluding steroid dienone is 1. The molecular weight excluding hydrogens is 414 g/mol. The largest absolute Gasteiger partial charge is 0.497 e. The zero-order valence-electron chi connectivity index (χ0n) is 16.4. The van der Waals surface area contributed by atoms with Gasteiger partial charge in [-0.05, 0) is 59.5 Å². The third kappa shape index (κ3) is 3.90. The molecular formula is C23H24BrN3O. The van der Waals surface area contributed by atoms with Gasteiger partial charge in [0.2, 0.25) is 0 Å². The van der Waals surface area contributed by atoms with E-state index >= 15 is 0 Å². The summed E-state index contributed by atoms with van der Waals surface area (Å²) >= 11 is 3.47. The molecule has 2 aromatic rings. The molecule has 0 saturated carbocycles. The summed E-state index contributed by atoms with van der Waals surface area (Å²) in [6.45, 7) is 6.22. The van der Waals surface area contributed by atoms with Gasteiger partial charge in [-0.1, -0.05) is 41.9 Å². The zero-order chi connectivity index (χ0) is 19.7. The predicted molar refractivity (Wildman–Crippen MR) is 118 cm³/mol. The summed E-state index contributed by atoms with van der Waals surface area (Å²) in [6.07, 6.45) is 4.26. The number of amidine groups is 2. The van der Waals surface area contributed by atoms with Gasteiger partial charge in [0.25, 0.3) is 0 Å². The van der Waals surface area contributed by atoms with Crippen molar-refractivity contribution in [3.05, 3.63) is 70.2 Å². The van der Waals surface area contributed by atoms with Gasteiger partial charge in [0.05, 0.1) is 12.8 Å². The molecule has 2 atom stereocenters. The SMILES string of the molecule is COc1ccc2c(c1)CN(C1=NC(=Nc3ccc(Br)cc3)C=CC(C)C1C)C2. The Morgan fingerprint density at radius 2 is 1.82 bits per heavy atom. The van der Waals surface area contributed by atoms with Crippen LogP contribution in [-0.4, -0.2) is 23.7 Å². The van der Waals surface area contributed by atoms with Crippen molar-refractivity contribution in [1.29, 1.82) is 0 Å². The van der Waals surface area contributed by atoms with Crippen molar-refractivity contribution in [3.8, 4) is 5.75 Å². The molecule has 0 amide bonds. The standard InChI is InChI=1S/C23H24BrN3O/c1-15-4-11-22(25-20-8-6-19(24)7-9-20)26-23(16(15)2)27-13-17-5-10-21(28-3)12-18(17)14-27/h4-12,15-16H,13-14H2,1-3H3. The summed E-state index contributed by atoms with van der Waals surface area (Å²) in [4.78, 5) is 12.1. The summed E-state index contributed by atoms with van der Waals surface area (Å²) in [5.41, 5.74) is 3.56. The van der Waals surface area contributed by atoms with Gasteiger partial charge >= 0.3 is 0 Å². The summed E-state index contributed by atoms with van der Waals surface area (Å²) in [6, 6.07) is 14.3. The fourth-order valence-electron chi connectivity index (χ4n) is 3.62. The van der Waals surface area contributed by atoms with Crippen molar-refractivity contribution in [2.45, 2.75) is 26.9 Å². The number of aliphatic imine (C=N–C) groups is 2. The topological polar surface area (TPSA) is 37.2 Å².